The van der Waals surface area contributed by atoms with Crippen LogP contribution >= 0.6 is 11.3 Å². The minimum Gasteiger partial charge on any atom is -0.327 e. The molecule has 3 heterocycles. The van der Waals surface area contributed by atoms with Crippen molar-refractivity contribution in [3.8, 4) is 11.8 Å². The third-order valence-corrected chi connectivity index (χ3v) is 8.37. The van der Waals surface area contributed by atoms with E-state index in [1.165, 1.54) is 12.1 Å². The fourth-order valence-corrected chi connectivity index (χ4v) is 5.34. The average Bonchev–Trinajstić information content (AvgIpc) is 3.61. The molecule has 0 radical (unpaired) electrons. The summed E-state index contributed by atoms with van der Waals surface area (Å²) in [6.07, 6.45) is -0.963. The Morgan fingerprint density at radius 1 is 1.23 bits per heavy atom. The number of alkyl halides is 2. The van der Waals surface area contributed by atoms with Gasteiger partial charge in [0, 0.05) is 25.7 Å². The monoisotopic (exact) mass is 555 g/mol. The zero-order chi connectivity index (χ0) is 28.3. The number of nitrogens with one attached hydrogen (secondary N) is 2. The molecule has 2 unspecified atom stereocenters. The quantitative estimate of drug-likeness (QED) is 0.343. The number of amides is 2. The molecule has 2 N–H and O–H groups in total. The minimum absolute atomic E-state index is 0.104. The summed E-state index contributed by atoms with van der Waals surface area (Å²) < 4.78 is 28.1. The van der Waals surface area contributed by atoms with Crippen LogP contribution < -0.4 is 10.6 Å². The Labute approximate surface area is 232 Å². The normalized spacial score (nSPS) is 16.4. The molecular formula is C29H35F2N5O2S. The van der Waals surface area contributed by atoms with Crippen molar-refractivity contribution in [3.63, 3.8) is 0 Å². The van der Waals surface area contributed by atoms with Gasteiger partial charge in [-0.15, -0.1) is 11.3 Å². The first kappa shape index (κ1) is 28.7. The zero-order valence-corrected chi connectivity index (χ0v) is 23.8. The lowest BCUT2D eigenvalue weighted by molar-refractivity contribution is -0.126. The zero-order valence-electron chi connectivity index (χ0n) is 23.0. The van der Waals surface area contributed by atoms with Crippen molar-refractivity contribution in [2.45, 2.75) is 79.1 Å². The highest BCUT2D eigenvalue weighted by molar-refractivity contribution is 7.14. The van der Waals surface area contributed by atoms with Gasteiger partial charge in [0.05, 0.1) is 26.8 Å². The van der Waals surface area contributed by atoms with Gasteiger partial charge in [-0.3, -0.25) is 14.9 Å². The van der Waals surface area contributed by atoms with Crippen molar-refractivity contribution in [1.82, 2.24) is 19.8 Å². The number of imidazole rings is 1. The van der Waals surface area contributed by atoms with Crippen LogP contribution in [0.4, 0.5) is 14.7 Å². The Bertz CT molecular complexity index is 1410. The Morgan fingerprint density at radius 2 is 2.00 bits per heavy atom. The molecule has 10 heteroatoms. The molecule has 4 rings (SSSR count). The maximum absolute atomic E-state index is 13.1. The molecule has 1 aliphatic heterocycles. The molecule has 2 atom stereocenters. The van der Waals surface area contributed by atoms with E-state index in [4.69, 9.17) is 4.98 Å². The number of benzene rings is 1. The second kappa shape index (κ2) is 11.8. The predicted molar refractivity (Wildman–Crippen MR) is 151 cm³/mol. The molecule has 1 saturated heterocycles. The third kappa shape index (κ3) is 6.65. The summed E-state index contributed by atoms with van der Waals surface area (Å²) >= 11 is 0.762. The van der Waals surface area contributed by atoms with Gasteiger partial charge in [-0.2, -0.15) is 0 Å². The molecule has 1 aliphatic rings. The van der Waals surface area contributed by atoms with Gasteiger partial charge in [0.25, 0.3) is 18.2 Å². The van der Waals surface area contributed by atoms with Crippen LogP contribution in [0.1, 0.15) is 74.0 Å². The lowest BCUT2D eigenvalue weighted by Gasteiger charge is -2.28. The van der Waals surface area contributed by atoms with E-state index in [0.29, 0.717) is 37.1 Å². The van der Waals surface area contributed by atoms with Crippen LogP contribution in [0, 0.1) is 17.3 Å². The molecule has 2 aromatic heterocycles. The second-order valence-electron chi connectivity index (χ2n) is 11.0. The Kier molecular flexibility index (Phi) is 8.72. The topological polar surface area (TPSA) is 79.3 Å². The lowest BCUT2D eigenvalue weighted by atomic mass is 9.88. The summed E-state index contributed by atoms with van der Waals surface area (Å²) in [7, 11) is 0. The SMILES string of the molecule is CC#CC(=O)N1CCCC1Cn1c(NC(=O)c2ccc(C(F)F)s2)nc2cc(CNC(C)C(C)(C)C)ccc21. The second-order valence-corrected chi connectivity index (χ2v) is 12.1. The van der Waals surface area contributed by atoms with Gasteiger partial charge in [0.15, 0.2) is 0 Å². The first-order valence-corrected chi connectivity index (χ1v) is 13.9. The number of carbonyl (C=O) groups is 2. The van der Waals surface area contributed by atoms with Crippen LogP contribution in [0.25, 0.3) is 11.0 Å². The van der Waals surface area contributed by atoms with Crippen LogP contribution in [-0.4, -0.2) is 44.9 Å². The van der Waals surface area contributed by atoms with Crippen molar-refractivity contribution in [3.05, 3.63) is 45.6 Å². The summed E-state index contributed by atoms with van der Waals surface area (Å²) in [5, 5.41) is 6.39. The average molecular weight is 556 g/mol. The molecule has 39 heavy (non-hydrogen) atoms. The molecule has 1 aromatic carbocycles. The number of thiophene rings is 1. The molecular weight excluding hydrogens is 520 g/mol. The fraction of sp³-hybridized carbons (Fsp3) is 0.483. The number of rotatable bonds is 8. The van der Waals surface area contributed by atoms with E-state index in [1.807, 2.05) is 22.8 Å². The van der Waals surface area contributed by atoms with Crippen LogP contribution in [0.3, 0.4) is 0 Å². The van der Waals surface area contributed by atoms with Crippen molar-refractivity contribution in [1.29, 1.82) is 0 Å². The van der Waals surface area contributed by atoms with Gasteiger partial charge in [0.1, 0.15) is 0 Å². The van der Waals surface area contributed by atoms with Crippen LogP contribution in [0.5, 0.6) is 0 Å². The molecule has 0 saturated carbocycles. The number of likely N-dealkylation sites (tertiary alicyclic amines) is 1. The highest BCUT2D eigenvalue weighted by Gasteiger charge is 2.30. The molecule has 3 aromatic rings. The van der Waals surface area contributed by atoms with E-state index < -0.39 is 12.3 Å². The molecule has 0 aliphatic carbocycles. The predicted octanol–water partition coefficient (Wildman–Crippen LogP) is 5.83. The number of halogens is 2. The fourth-order valence-electron chi connectivity index (χ4n) is 4.58. The number of carbonyl (C=O) groups excluding carboxylic acids is 2. The van der Waals surface area contributed by atoms with Crippen molar-refractivity contribution in [2.75, 3.05) is 11.9 Å². The third-order valence-electron chi connectivity index (χ3n) is 7.28. The van der Waals surface area contributed by atoms with Gasteiger partial charge < -0.3 is 14.8 Å². The standard InChI is InChI=1S/C29H35F2N5O2S/c1-6-8-25(37)35-14-7-9-20(35)17-36-22-11-10-19(16-32-18(2)29(3,4)5)15-21(22)33-28(36)34-27(38)24-13-12-23(39-24)26(30)31/h10-13,15,18,20,26,32H,7,9,14,16-17H2,1-5H3,(H,33,34,38). The minimum atomic E-state index is -2.63. The number of hydrogen-bond acceptors (Lipinski definition) is 5. The van der Waals surface area contributed by atoms with Crippen molar-refractivity contribution in [2.24, 2.45) is 5.41 Å². The van der Waals surface area contributed by atoms with Gasteiger partial charge in [-0.1, -0.05) is 32.8 Å². The molecule has 2 amide bonds. The van der Waals surface area contributed by atoms with Gasteiger partial charge in [-0.05, 0) is 67.9 Å². The number of nitrogens with zero attached hydrogens (tertiary/aromatic N) is 3. The largest absolute Gasteiger partial charge is 0.327 e. The summed E-state index contributed by atoms with van der Waals surface area (Å²) in [5.74, 6) is 4.91. The maximum atomic E-state index is 13.1. The summed E-state index contributed by atoms with van der Waals surface area (Å²) in [5.41, 5.74) is 2.69. The number of anilines is 1. The van der Waals surface area contributed by atoms with E-state index in [0.717, 1.165) is 35.3 Å². The first-order valence-electron chi connectivity index (χ1n) is 13.1. The number of fused-ring (bicyclic) bond motifs is 1. The molecule has 208 valence electrons. The van der Waals surface area contributed by atoms with E-state index in [9.17, 15) is 18.4 Å². The van der Waals surface area contributed by atoms with Crippen LogP contribution in [0.15, 0.2) is 30.3 Å². The molecule has 1 fully saturated rings. The van der Waals surface area contributed by atoms with Crippen LogP contribution in [0.2, 0.25) is 0 Å². The van der Waals surface area contributed by atoms with Crippen molar-refractivity contribution >= 4 is 40.1 Å². The Hall–Kier alpha value is -3.29. The van der Waals surface area contributed by atoms with E-state index in [-0.39, 0.29) is 27.1 Å². The summed E-state index contributed by atoms with van der Waals surface area (Å²) in [6, 6.07) is 8.85. The number of hydrogen-bond donors (Lipinski definition) is 2. The summed E-state index contributed by atoms with van der Waals surface area (Å²) in [4.78, 5) is 32.1. The Morgan fingerprint density at radius 3 is 2.67 bits per heavy atom. The summed E-state index contributed by atoms with van der Waals surface area (Å²) in [6.45, 7) is 12.1. The Balaban J connectivity index is 1.65. The van der Waals surface area contributed by atoms with E-state index >= 15 is 0 Å². The lowest BCUT2D eigenvalue weighted by Crippen LogP contribution is -2.37. The van der Waals surface area contributed by atoms with Crippen molar-refractivity contribution < 1.29 is 18.4 Å². The van der Waals surface area contributed by atoms with Crippen LogP contribution in [-0.2, 0) is 17.9 Å². The smallest absolute Gasteiger partial charge is 0.298 e. The van der Waals surface area contributed by atoms with E-state index in [2.05, 4.69) is 50.2 Å². The first-order chi connectivity index (χ1) is 18.5. The highest BCUT2D eigenvalue weighted by Crippen LogP contribution is 2.29. The maximum Gasteiger partial charge on any atom is 0.298 e. The van der Waals surface area contributed by atoms with Gasteiger partial charge in [0.2, 0.25) is 5.95 Å². The van der Waals surface area contributed by atoms with Gasteiger partial charge >= 0.3 is 0 Å². The molecule has 7 nitrogen and oxygen atoms in total. The highest BCUT2D eigenvalue weighted by atomic mass is 32.1. The molecule has 0 spiro atoms. The van der Waals surface area contributed by atoms with Gasteiger partial charge in [-0.25, -0.2) is 13.8 Å². The number of aromatic nitrogens is 2. The van der Waals surface area contributed by atoms with E-state index in [1.54, 1.807) is 11.8 Å². The molecule has 0 bridgehead atoms.